The third-order valence-corrected chi connectivity index (χ3v) is 8.00. The van der Waals surface area contributed by atoms with E-state index in [9.17, 15) is 31.2 Å². The normalized spacial score (nSPS) is 13.0. The summed E-state index contributed by atoms with van der Waals surface area (Å²) in [6.07, 6.45) is -3.67. The van der Waals surface area contributed by atoms with E-state index in [2.05, 4.69) is 5.32 Å². The fraction of sp³-hybridized carbons (Fsp3) is 0.500. The van der Waals surface area contributed by atoms with Crippen LogP contribution in [-0.2, 0) is 26.0 Å². The van der Waals surface area contributed by atoms with Crippen molar-refractivity contribution in [3.63, 3.8) is 0 Å². The third-order valence-electron chi connectivity index (χ3n) is 5.00. The summed E-state index contributed by atoms with van der Waals surface area (Å²) < 4.78 is 71.2. The molecule has 0 spiro atoms. The number of benzene rings is 1. The van der Waals surface area contributed by atoms with Crippen LogP contribution in [0.3, 0.4) is 0 Å². The Hall–Kier alpha value is -2.44. The molecule has 0 saturated carbocycles. The Labute approximate surface area is 213 Å². The second-order valence-electron chi connectivity index (χ2n) is 8.77. The maximum atomic E-state index is 13.1. The summed E-state index contributed by atoms with van der Waals surface area (Å²) in [5.41, 5.74) is 0.930. The SMILES string of the molecule is CCCCOC(=O)NS(=O)(=O)c1sc(CC(C)C)cc1-c1cccc(C(NCC(F)(F)F)C(C)=O)c1. The van der Waals surface area contributed by atoms with E-state index < -0.39 is 40.7 Å². The van der Waals surface area contributed by atoms with Crippen molar-refractivity contribution in [1.29, 1.82) is 0 Å². The summed E-state index contributed by atoms with van der Waals surface area (Å²) in [4.78, 5) is 24.9. The maximum absolute atomic E-state index is 13.1. The lowest BCUT2D eigenvalue weighted by atomic mass is 9.98. The summed E-state index contributed by atoms with van der Waals surface area (Å²) in [5, 5.41) is 2.22. The minimum Gasteiger partial charge on any atom is -0.449 e. The van der Waals surface area contributed by atoms with Crippen LogP contribution >= 0.6 is 11.3 Å². The zero-order chi connectivity index (χ0) is 27.1. The van der Waals surface area contributed by atoms with E-state index in [0.29, 0.717) is 18.4 Å². The number of nitrogens with one attached hydrogen (secondary N) is 2. The number of halogens is 3. The van der Waals surface area contributed by atoms with Gasteiger partial charge in [-0.15, -0.1) is 11.3 Å². The lowest BCUT2D eigenvalue weighted by molar-refractivity contribution is -0.130. The van der Waals surface area contributed by atoms with Crippen LogP contribution in [0, 0.1) is 5.92 Å². The molecule has 1 amide bonds. The predicted molar refractivity (Wildman–Crippen MR) is 132 cm³/mol. The van der Waals surface area contributed by atoms with Gasteiger partial charge in [-0.05, 0) is 48.9 Å². The number of alkyl halides is 3. The van der Waals surface area contributed by atoms with Gasteiger partial charge in [-0.1, -0.05) is 45.4 Å². The van der Waals surface area contributed by atoms with Crippen molar-refractivity contribution in [2.45, 2.75) is 63.4 Å². The molecule has 2 N–H and O–H groups in total. The smallest absolute Gasteiger partial charge is 0.421 e. The van der Waals surface area contributed by atoms with Gasteiger partial charge in [0.1, 0.15) is 4.21 Å². The number of sulfonamides is 1. The molecule has 0 saturated heterocycles. The number of amides is 1. The van der Waals surface area contributed by atoms with E-state index in [1.807, 2.05) is 25.5 Å². The average molecular weight is 549 g/mol. The quantitative estimate of drug-likeness (QED) is 0.334. The predicted octanol–water partition coefficient (Wildman–Crippen LogP) is 5.61. The molecule has 0 fully saturated rings. The van der Waals surface area contributed by atoms with E-state index in [1.165, 1.54) is 19.1 Å². The average Bonchev–Trinajstić information content (AvgIpc) is 3.17. The first-order valence-electron chi connectivity index (χ1n) is 11.5. The zero-order valence-electron chi connectivity index (χ0n) is 20.6. The highest BCUT2D eigenvalue weighted by atomic mass is 32.2. The van der Waals surface area contributed by atoms with Crippen molar-refractivity contribution in [2.24, 2.45) is 5.92 Å². The van der Waals surface area contributed by atoms with Gasteiger partial charge in [0, 0.05) is 10.4 Å². The third kappa shape index (κ3) is 8.90. The molecule has 1 heterocycles. The number of hydrogen-bond acceptors (Lipinski definition) is 7. The van der Waals surface area contributed by atoms with Crippen molar-refractivity contribution in [1.82, 2.24) is 10.0 Å². The highest BCUT2D eigenvalue weighted by molar-refractivity contribution is 7.92. The van der Waals surface area contributed by atoms with Crippen LogP contribution in [0.5, 0.6) is 0 Å². The molecule has 1 aromatic carbocycles. The molecule has 1 atom stereocenters. The Kier molecular flexibility index (Phi) is 10.5. The van der Waals surface area contributed by atoms with Gasteiger partial charge in [0.2, 0.25) is 0 Å². The molecule has 0 aliphatic carbocycles. The van der Waals surface area contributed by atoms with Crippen LogP contribution in [-0.4, -0.2) is 39.6 Å². The first-order valence-corrected chi connectivity index (χ1v) is 13.8. The largest absolute Gasteiger partial charge is 0.449 e. The van der Waals surface area contributed by atoms with Crippen LogP contribution in [0.4, 0.5) is 18.0 Å². The van der Waals surface area contributed by atoms with E-state index in [1.54, 1.807) is 18.2 Å². The molecule has 0 aliphatic heterocycles. The molecular weight excluding hydrogens is 517 g/mol. The highest BCUT2D eigenvalue weighted by Crippen LogP contribution is 2.37. The Balaban J connectivity index is 2.48. The molecule has 200 valence electrons. The van der Waals surface area contributed by atoms with Gasteiger partial charge in [0.15, 0.2) is 5.78 Å². The summed E-state index contributed by atoms with van der Waals surface area (Å²) in [6, 6.07) is 6.58. The van der Waals surface area contributed by atoms with Gasteiger partial charge in [0.05, 0.1) is 19.2 Å². The molecule has 1 unspecified atom stereocenters. The molecule has 7 nitrogen and oxygen atoms in total. The van der Waals surface area contributed by atoms with Gasteiger partial charge in [-0.2, -0.15) is 13.2 Å². The molecule has 12 heteroatoms. The lowest BCUT2D eigenvalue weighted by Gasteiger charge is -2.18. The minimum atomic E-state index is -4.51. The Morgan fingerprint density at radius 1 is 1.17 bits per heavy atom. The zero-order valence-corrected chi connectivity index (χ0v) is 22.2. The maximum Gasteiger partial charge on any atom is 0.421 e. The van der Waals surface area contributed by atoms with E-state index in [4.69, 9.17) is 4.74 Å². The molecule has 36 heavy (non-hydrogen) atoms. The van der Waals surface area contributed by atoms with Gasteiger partial charge < -0.3 is 4.74 Å². The van der Waals surface area contributed by atoms with Crippen molar-refractivity contribution >= 4 is 33.2 Å². The number of carbonyl (C=O) groups is 2. The molecule has 0 bridgehead atoms. The van der Waals surface area contributed by atoms with Crippen LogP contribution in [0.1, 0.15) is 57.0 Å². The molecule has 1 aromatic heterocycles. The summed E-state index contributed by atoms with van der Waals surface area (Å²) in [6.45, 7) is 5.74. The number of carbonyl (C=O) groups excluding carboxylic acids is 2. The van der Waals surface area contributed by atoms with E-state index in [-0.39, 0.29) is 27.9 Å². The summed E-state index contributed by atoms with van der Waals surface area (Å²) in [5.74, 6) is -0.300. The first kappa shape index (κ1) is 29.8. The second kappa shape index (κ2) is 12.7. The minimum absolute atomic E-state index is 0.0765. The molecule has 0 radical (unpaired) electrons. The first-order chi connectivity index (χ1) is 16.7. The van der Waals surface area contributed by atoms with E-state index in [0.717, 1.165) is 22.6 Å². The Morgan fingerprint density at radius 2 is 1.86 bits per heavy atom. The number of thiophene rings is 1. The van der Waals surface area contributed by atoms with Crippen LogP contribution < -0.4 is 10.0 Å². The Morgan fingerprint density at radius 3 is 2.44 bits per heavy atom. The topological polar surface area (TPSA) is 102 Å². The fourth-order valence-corrected chi connectivity index (χ4v) is 6.26. The highest BCUT2D eigenvalue weighted by Gasteiger charge is 2.30. The number of hydrogen-bond donors (Lipinski definition) is 2. The molecule has 2 aromatic rings. The summed E-state index contributed by atoms with van der Waals surface area (Å²) in [7, 11) is -4.31. The molecular formula is C24H31F3N2O5S2. The van der Waals surface area contributed by atoms with Crippen LogP contribution in [0.15, 0.2) is 34.5 Å². The van der Waals surface area contributed by atoms with Gasteiger partial charge in [-0.25, -0.2) is 17.9 Å². The van der Waals surface area contributed by atoms with Crippen molar-refractivity contribution < 1.29 is 35.9 Å². The van der Waals surface area contributed by atoms with Gasteiger partial charge in [0.25, 0.3) is 10.0 Å². The summed E-state index contributed by atoms with van der Waals surface area (Å²) >= 11 is 1.00. The van der Waals surface area contributed by atoms with Crippen molar-refractivity contribution in [2.75, 3.05) is 13.2 Å². The van der Waals surface area contributed by atoms with Crippen LogP contribution in [0.25, 0.3) is 11.1 Å². The van der Waals surface area contributed by atoms with E-state index >= 15 is 0 Å². The lowest BCUT2D eigenvalue weighted by Crippen LogP contribution is -2.35. The Bertz CT molecular complexity index is 1160. The number of rotatable bonds is 12. The molecule has 2 rings (SSSR count). The van der Waals surface area contributed by atoms with Gasteiger partial charge >= 0.3 is 12.3 Å². The number of ether oxygens (including phenoxy) is 1. The molecule has 0 aliphatic rings. The van der Waals surface area contributed by atoms with Crippen molar-refractivity contribution in [3.05, 3.63) is 40.8 Å². The van der Waals surface area contributed by atoms with Crippen molar-refractivity contribution in [3.8, 4) is 11.1 Å². The number of ketones is 1. The van der Waals surface area contributed by atoms with Crippen LogP contribution in [0.2, 0.25) is 0 Å². The monoisotopic (exact) mass is 548 g/mol. The van der Waals surface area contributed by atoms with Gasteiger partial charge in [-0.3, -0.25) is 10.1 Å². The number of unbranched alkanes of at least 4 members (excludes halogenated alkanes) is 1. The number of Topliss-reactive ketones (excluding diaryl/α,β-unsaturated/α-hetero) is 1. The fourth-order valence-electron chi connectivity index (χ4n) is 3.42. The second-order valence-corrected chi connectivity index (χ2v) is 11.8. The standard InChI is InChI=1S/C24H31F3N2O5S2/c1-5-6-10-34-23(31)29-36(32,33)22-20(13-19(35-22)11-15(2)3)17-8-7-9-18(12-17)21(16(4)30)28-14-24(25,26)27/h7-9,12-13,15,21,28H,5-6,10-11,14H2,1-4H3,(H,29,31).